The van der Waals surface area contributed by atoms with Crippen molar-refractivity contribution in [1.29, 1.82) is 0 Å². The normalized spacial score (nSPS) is 17.6. The molecule has 2 aromatic rings. The number of carbonyl (C=O) groups is 3. The quantitative estimate of drug-likeness (QED) is 0.496. The first-order chi connectivity index (χ1) is 15.8. The Morgan fingerprint density at radius 1 is 1.00 bits per heavy atom. The number of carbonyl (C=O) groups excluding carboxylic acids is 2. The van der Waals surface area contributed by atoms with Crippen LogP contribution in [0.1, 0.15) is 48.0 Å². The molecular formula is C25H24Cl2N2O4. The highest BCUT2D eigenvalue weighted by atomic mass is 35.5. The molecule has 8 heteroatoms. The standard InChI is InChI=1S/C25H24Cl2N2O4/c26-17-5-4-6-18(27)22(17)23(31)28-16-9-7-15(8-10-16)13-19(24(32)33)29-20-14-21(30)25(20)11-2-1-3-12-25/h4-10,14,19,29H,1-3,11-13H2,(H,28,31)(H,32,33)/t19-/m0/s1. The number of halogens is 2. The molecule has 0 aromatic heterocycles. The summed E-state index contributed by atoms with van der Waals surface area (Å²) in [5.74, 6) is -1.30. The molecular weight excluding hydrogens is 463 g/mol. The number of anilines is 1. The summed E-state index contributed by atoms with van der Waals surface area (Å²) in [5.41, 5.74) is 1.75. The molecule has 0 aliphatic heterocycles. The zero-order valence-electron chi connectivity index (χ0n) is 17.9. The highest BCUT2D eigenvalue weighted by Crippen LogP contribution is 2.48. The second-order valence-corrected chi connectivity index (χ2v) is 9.37. The van der Waals surface area contributed by atoms with Crippen molar-refractivity contribution >= 4 is 46.5 Å². The zero-order valence-corrected chi connectivity index (χ0v) is 19.4. The summed E-state index contributed by atoms with van der Waals surface area (Å²) in [5, 5.41) is 16.1. The second-order valence-electron chi connectivity index (χ2n) is 8.55. The predicted molar refractivity (Wildman–Crippen MR) is 128 cm³/mol. The third-order valence-corrected chi connectivity index (χ3v) is 7.07. The number of rotatable bonds is 7. The van der Waals surface area contributed by atoms with Crippen LogP contribution >= 0.6 is 23.2 Å². The molecule has 1 spiro atoms. The Morgan fingerprint density at radius 3 is 2.21 bits per heavy atom. The molecule has 1 fully saturated rings. The number of amides is 1. The van der Waals surface area contributed by atoms with E-state index in [0.29, 0.717) is 5.69 Å². The molecule has 2 aliphatic carbocycles. The number of allylic oxidation sites excluding steroid dienone is 2. The Morgan fingerprint density at radius 2 is 1.64 bits per heavy atom. The lowest BCUT2D eigenvalue weighted by molar-refractivity contribution is -0.140. The highest BCUT2D eigenvalue weighted by molar-refractivity contribution is 6.40. The van der Waals surface area contributed by atoms with Gasteiger partial charge in [-0.3, -0.25) is 9.59 Å². The molecule has 1 amide bonds. The lowest BCUT2D eigenvalue weighted by Gasteiger charge is -2.44. The molecule has 6 nitrogen and oxygen atoms in total. The predicted octanol–water partition coefficient (Wildman–Crippen LogP) is 5.25. The van der Waals surface area contributed by atoms with Gasteiger partial charge in [-0.15, -0.1) is 0 Å². The van der Waals surface area contributed by atoms with Crippen LogP contribution in [0.4, 0.5) is 5.69 Å². The number of carboxylic acid groups (broad SMARTS) is 1. The van der Waals surface area contributed by atoms with Crippen LogP contribution in [0.5, 0.6) is 0 Å². The number of hydrogen-bond acceptors (Lipinski definition) is 4. The fourth-order valence-electron chi connectivity index (χ4n) is 4.57. The summed E-state index contributed by atoms with van der Waals surface area (Å²) in [4.78, 5) is 36.7. The van der Waals surface area contributed by atoms with Gasteiger partial charge < -0.3 is 15.7 Å². The van der Waals surface area contributed by atoms with Gasteiger partial charge in [0.05, 0.1) is 21.0 Å². The minimum atomic E-state index is -0.980. The first-order valence-electron chi connectivity index (χ1n) is 10.9. The van der Waals surface area contributed by atoms with Gasteiger partial charge in [0.2, 0.25) is 0 Å². The van der Waals surface area contributed by atoms with Crippen LogP contribution in [0.15, 0.2) is 54.2 Å². The van der Waals surface area contributed by atoms with Crippen LogP contribution in [-0.4, -0.2) is 28.8 Å². The summed E-state index contributed by atoms with van der Waals surface area (Å²) < 4.78 is 0. The average molecular weight is 487 g/mol. The molecule has 3 N–H and O–H groups in total. The fourth-order valence-corrected chi connectivity index (χ4v) is 5.14. The van der Waals surface area contributed by atoms with Gasteiger partial charge in [0, 0.05) is 23.9 Å². The van der Waals surface area contributed by atoms with Gasteiger partial charge in [0.25, 0.3) is 5.91 Å². The smallest absolute Gasteiger partial charge is 0.326 e. The van der Waals surface area contributed by atoms with E-state index in [9.17, 15) is 19.5 Å². The van der Waals surface area contributed by atoms with Crippen LogP contribution in [0, 0.1) is 5.41 Å². The number of carboxylic acids is 1. The summed E-state index contributed by atoms with van der Waals surface area (Å²) >= 11 is 12.2. The van der Waals surface area contributed by atoms with Crippen molar-refractivity contribution in [3.8, 4) is 0 Å². The zero-order chi connectivity index (χ0) is 23.6. The highest BCUT2D eigenvalue weighted by Gasteiger charge is 2.49. The number of benzene rings is 2. The van der Waals surface area contributed by atoms with Gasteiger partial charge in [0.1, 0.15) is 6.04 Å². The summed E-state index contributed by atoms with van der Waals surface area (Å²) in [7, 11) is 0. The number of nitrogens with one attached hydrogen (secondary N) is 2. The lowest BCUT2D eigenvalue weighted by atomic mass is 9.62. The van der Waals surface area contributed by atoms with Gasteiger partial charge >= 0.3 is 5.97 Å². The van der Waals surface area contributed by atoms with Crippen molar-refractivity contribution in [3.05, 3.63) is 75.4 Å². The molecule has 0 radical (unpaired) electrons. The van der Waals surface area contributed by atoms with Gasteiger partial charge in [-0.1, -0.05) is 60.7 Å². The van der Waals surface area contributed by atoms with Crippen LogP contribution in [-0.2, 0) is 16.0 Å². The molecule has 0 saturated heterocycles. The van der Waals surface area contributed by atoms with E-state index in [2.05, 4.69) is 10.6 Å². The van der Waals surface area contributed by atoms with Crippen LogP contribution in [0.3, 0.4) is 0 Å². The molecule has 172 valence electrons. The molecule has 4 rings (SSSR count). The molecule has 0 unspecified atom stereocenters. The third-order valence-electron chi connectivity index (χ3n) is 6.44. The average Bonchev–Trinajstić information content (AvgIpc) is 2.79. The maximum atomic E-state index is 12.5. The van der Waals surface area contributed by atoms with Crippen molar-refractivity contribution in [3.63, 3.8) is 0 Å². The van der Waals surface area contributed by atoms with E-state index in [1.165, 1.54) is 0 Å². The van der Waals surface area contributed by atoms with Gasteiger partial charge in [0.15, 0.2) is 5.78 Å². The Bertz CT molecular complexity index is 1100. The van der Waals surface area contributed by atoms with E-state index >= 15 is 0 Å². The van der Waals surface area contributed by atoms with E-state index in [1.54, 1.807) is 48.5 Å². The number of hydrogen-bond donors (Lipinski definition) is 3. The van der Waals surface area contributed by atoms with Crippen LogP contribution < -0.4 is 10.6 Å². The summed E-state index contributed by atoms with van der Waals surface area (Å²) in [6.07, 6.45) is 6.41. The molecule has 33 heavy (non-hydrogen) atoms. The molecule has 2 aliphatic rings. The maximum absolute atomic E-state index is 12.5. The first-order valence-corrected chi connectivity index (χ1v) is 11.7. The van der Waals surface area contributed by atoms with E-state index in [0.717, 1.165) is 43.4 Å². The summed E-state index contributed by atoms with van der Waals surface area (Å²) in [6, 6.07) is 10.9. The van der Waals surface area contributed by atoms with Crippen molar-refractivity contribution < 1.29 is 19.5 Å². The van der Waals surface area contributed by atoms with Crippen molar-refractivity contribution in [2.75, 3.05) is 5.32 Å². The van der Waals surface area contributed by atoms with Crippen molar-refractivity contribution in [2.45, 2.75) is 44.6 Å². The van der Waals surface area contributed by atoms with Gasteiger partial charge in [-0.25, -0.2) is 4.79 Å². The number of ketones is 1. The Kier molecular flexibility index (Phi) is 6.77. The topological polar surface area (TPSA) is 95.5 Å². The van der Waals surface area contributed by atoms with Crippen molar-refractivity contribution in [1.82, 2.24) is 5.32 Å². The van der Waals surface area contributed by atoms with Crippen LogP contribution in [0.2, 0.25) is 10.0 Å². The molecule has 2 aromatic carbocycles. The minimum absolute atomic E-state index is 0.104. The van der Waals surface area contributed by atoms with E-state index < -0.39 is 23.3 Å². The maximum Gasteiger partial charge on any atom is 0.326 e. The Balaban J connectivity index is 1.42. The van der Waals surface area contributed by atoms with Crippen LogP contribution in [0.25, 0.3) is 0 Å². The van der Waals surface area contributed by atoms with Crippen molar-refractivity contribution in [2.24, 2.45) is 5.41 Å². The SMILES string of the molecule is O=C(Nc1ccc(C[C@H](NC2=CC(=O)C23CCCCC3)C(=O)O)cc1)c1c(Cl)cccc1Cl. The number of aliphatic carboxylic acids is 1. The molecule has 0 heterocycles. The molecule has 1 saturated carbocycles. The van der Waals surface area contributed by atoms with Gasteiger partial charge in [-0.05, 0) is 42.7 Å². The monoisotopic (exact) mass is 486 g/mol. The van der Waals surface area contributed by atoms with E-state index in [1.807, 2.05) is 0 Å². The Hall–Kier alpha value is -2.83. The molecule has 1 atom stereocenters. The largest absolute Gasteiger partial charge is 0.480 e. The summed E-state index contributed by atoms with van der Waals surface area (Å²) in [6.45, 7) is 0. The lowest BCUT2D eigenvalue weighted by Crippen LogP contribution is -2.51. The van der Waals surface area contributed by atoms with Gasteiger partial charge in [-0.2, -0.15) is 0 Å². The first kappa shape index (κ1) is 23.3. The van der Waals surface area contributed by atoms with E-state index in [4.69, 9.17) is 23.2 Å². The Labute approximate surface area is 202 Å². The fraction of sp³-hybridized carbons (Fsp3) is 0.320. The third kappa shape index (κ3) is 4.77. The molecule has 0 bridgehead atoms. The second kappa shape index (κ2) is 9.57. The minimum Gasteiger partial charge on any atom is -0.480 e. The van der Waals surface area contributed by atoms with E-state index in [-0.39, 0.29) is 27.8 Å².